The molecule has 3 aromatic rings. The average Bonchev–Trinajstić information content (AvgIpc) is 2.54. The highest BCUT2D eigenvalue weighted by molar-refractivity contribution is 5.74. The number of rotatable bonds is 4. The first-order valence-electron chi connectivity index (χ1n) is 6.76. The predicted molar refractivity (Wildman–Crippen MR) is 84.9 cm³/mol. The molecule has 2 aromatic carbocycles. The maximum atomic E-state index is 5.88. The number of anilines is 2. The van der Waals surface area contributed by atoms with Crippen LogP contribution in [0.4, 0.5) is 11.8 Å². The van der Waals surface area contributed by atoms with E-state index in [9.17, 15) is 0 Å². The number of benzene rings is 2. The minimum atomic E-state index is 0.0453. The largest absolute Gasteiger partial charge is 0.488 e. The average molecular weight is 293 g/mol. The van der Waals surface area contributed by atoms with E-state index in [1.165, 1.54) is 0 Å². The minimum Gasteiger partial charge on any atom is -0.488 e. The molecule has 0 saturated heterocycles. The fourth-order valence-corrected chi connectivity index (χ4v) is 2.07. The van der Waals surface area contributed by atoms with E-state index in [1.54, 1.807) is 0 Å². The Kier molecular flexibility index (Phi) is 3.82. The molecule has 0 unspecified atom stereocenters. The van der Waals surface area contributed by atoms with Crippen molar-refractivity contribution < 1.29 is 4.74 Å². The summed E-state index contributed by atoms with van der Waals surface area (Å²) in [4.78, 5) is 3.94. The van der Waals surface area contributed by atoms with Crippen LogP contribution in [0.15, 0.2) is 54.6 Å². The molecule has 6 nitrogen and oxygen atoms in total. The number of hydrogen-bond donors (Lipinski definition) is 2. The molecule has 0 radical (unpaired) electrons. The Morgan fingerprint density at radius 1 is 0.864 bits per heavy atom. The van der Waals surface area contributed by atoms with Crippen LogP contribution in [-0.4, -0.2) is 15.2 Å². The zero-order valence-corrected chi connectivity index (χ0v) is 11.8. The van der Waals surface area contributed by atoms with Gasteiger partial charge in [-0.3, -0.25) is 0 Å². The lowest BCUT2D eigenvalue weighted by atomic mass is 10.1. The Labute approximate surface area is 127 Å². The second-order valence-corrected chi connectivity index (χ2v) is 4.67. The molecule has 1 aromatic heterocycles. The predicted octanol–water partition coefficient (Wildman–Crippen LogP) is 2.28. The number of hydrogen-bond acceptors (Lipinski definition) is 6. The Morgan fingerprint density at radius 3 is 2.36 bits per heavy atom. The van der Waals surface area contributed by atoms with E-state index in [-0.39, 0.29) is 11.8 Å². The third kappa shape index (κ3) is 2.95. The summed E-state index contributed by atoms with van der Waals surface area (Å²) in [5.74, 6) is 0.936. The van der Waals surface area contributed by atoms with Crippen molar-refractivity contribution in [3.63, 3.8) is 0 Å². The topological polar surface area (TPSA) is 99.9 Å². The van der Waals surface area contributed by atoms with Gasteiger partial charge >= 0.3 is 0 Å². The third-order valence-corrected chi connectivity index (χ3v) is 3.11. The SMILES string of the molecule is Nc1nnc(-c2ccccc2OCc2ccccc2)c(N)n1. The molecule has 6 heteroatoms. The van der Waals surface area contributed by atoms with Gasteiger partial charge in [-0.25, -0.2) is 0 Å². The van der Waals surface area contributed by atoms with Crippen LogP contribution < -0.4 is 16.2 Å². The second kappa shape index (κ2) is 6.09. The summed E-state index contributed by atoms with van der Waals surface area (Å²) in [6.07, 6.45) is 0. The number of ether oxygens (including phenoxy) is 1. The van der Waals surface area contributed by atoms with Gasteiger partial charge in [0, 0.05) is 5.56 Å². The van der Waals surface area contributed by atoms with Crippen molar-refractivity contribution in [3.8, 4) is 17.0 Å². The van der Waals surface area contributed by atoms with E-state index >= 15 is 0 Å². The lowest BCUT2D eigenvalue weighted by molar-refractivity contribution is 0.307. The van der Waals surface area contributed by atoms with Gasteiger partial charge in [-0.15, -0.1) is 10.2 Å². The summed E-state index contributed by atoms with van der Waals surface area (Å²) >= 11 is 0. The number of nitrogen functional groups attached to an aromatic ring is 2. The van der Waals surface area contributed by atoms with Crippen LogP contribution in [0, 0.1) is 0 Å². The van der Waals surface area contributed by atoms with Crippen LogP contribution in [0.2, 0.25) is 0 Å². The molecule has 110 valence electrons. The second-order valence-electron chi connectivity index (χ2n) is 4.67. The van der Waals surface area contributed by atoms with Crippen LogP contribution in [0.3, 0.4) is 0 Å². The summed E-state index contributed by atoms with van der Waals surface area (Å²) in [6, 6.07) is 17.4. The molecule has 1 heterocycles. The Morgan fingerprint density at radius 2 is 1.59 bits per heavy atom. The van der Waals surface area contributed by atoms with Gasteiger partial charge in [-0.2, -0.15) is 4.98 Å². The Balaban J connectivity index is 1.90. The molecule has 0 aliphatic carbocycles. The smallest absolute Gasteiger partial charge is 0.242 e. The van der Waals surface area contributed by atoms with Gasteiger partial charge in [-0.1, -0.05) is 42.5 Å². The van der Waals surface area contributed by atoms with Crippen molar-refractivity contribution in [1.82, 2.24) is 15.2 Å². The number of para-hydroxylation sites is 1. The highest BCUT2D eigenvalue weighted by Crippen LogP contribution is 2.31. The van der Waals surface area contributed by atoms with Gasteiger partial charge < -0.3 is 16.2 Å². The molecular weight excluding hydrogens is 278 g/mol. The van der Waals surface area contributed by atoms with Gasteiger partial charge in [-0.05, 0) is 17.7 Å². The summed E-state index contributed by atoms with van der Waals surface area (Å²) < 4.78 is 5.88. The number of aromatic nitrogens is 3. The molecule has 0 aliphatic heterocycles. The first kappa shape index (κ1) is 13.8. The fourth-order valence-electron chi connectivity index (χ4n) is 2.07. The molecule has 22 heavy (non-hydrogen) atoms. The summed E-state index contributed by atoms with van der Waals surface area (Å²) in [5, 5.41) is 7.78. The summed E-state index contributed by atoms with van der Waals surface area (Å²) in [7, 11) is 0. The molecule has 0 fully saturated rings. The van der Waals surface area contributed by atoms with Crippen molar-refractivity contribution in [3.05, 3.63) is 60.2 Å². The van der Waals surface area contributed by atoms with Crippen molar-refractivity contribution >= 4 is 11.8 Å². The standard InChI is InChI=1S/C16H15N5O/c17-15-14(20-21-16(18)19-15)12-8-4-5-9-13(12)22-10-11-6-2-1-3-7-11/h1-9H,10H2,(H4,17,18,19,21). The molecule has 0 aliphatic rings. The van der Waals surface area contributed by atoms with Crippen LogP contribution in [0.25, 0.3) is 11.3 Å². The quantitative estimate of drug-likeness (QED) is 0.765. The van der Waals surface area contributed by atoms with Gasteiger partial charge in [0.25, 0.3) is 0 Å². The monoisotopic (exact) mass is 293 g/mol. The zero-order valence-electron chi connectivity index (χ0n) is 11.8. The lowest BCUT2D eigenvalue weighted by Gasteiger charge is -2.11. The molecule has 3 rings (SSSR count). The molecule has 0 saturated carbocycles. The molecule has 4 N–H and O–H groups in total. The first-order chi connectivity index (χ1) is 10.7. The van der Waals surface area contributed by atoms with Crippen molar-refractivity contribution in [2.75, 3.05) is 11.5 Å². The lowest BCUT2D eigenvalue weighted by Crippen LogP contribution is -2.05. The van der Waals surface area contributed by atoms with E-state index in [0.717, 1.165) is 11.1 Å². The van der Waals surface area contributed by atoms with E-state index < -0.39 is 0 Å². The molecule has 0 bridgehead atoms. The van der Waals surface area contributed by atoms with E-state index in [4.69, 9.17) is 16.2 Å². The van der Waals surface area contributed by atoms with E-state index in [1.807, 2.05) is 54.6 Å². The summed E-state index contributed by atoms with van der Waals surface area (Å²) in [6.45, 7) is 0.452. The van der Waals surface area contributed by atoms with Gasteiger partial charge in [0.2, 0.25) is 5.95 Å². The Bertz CT molecular complexity index is 776. The molecule has 0 amide bonds. The van der Waals surface area contributed by atoms with Crippen LogP contribution in [0.1, 0.15) is 5.56 Å². The zero-order chi connectivity index (χ0) is 15.4. The van der Waals surface area contributed by atoms with E-state index in [0.29, 0.717) is 18.1 Å². The molecular formula is C16H15N5O. The maximum absolute atomic E-state index is 5.88. The van der Waals surface area contributed by atoms with Gasteiger partial charge in [0.1, 0.15) is 18.1 Å². The van der Waals surface area contributed by atoms with Crippen LogP contribution >= 0.6 is 0 Å². The van der Waals surface area contributed by atoms with Crippen molar-refractivity contribution in [2.45, 2.75) is 6.61 Å². The highest BCUT2D eigenvalue weighted by Gasteiger charge is 2.13. The highest BCUT2D eigenvalue weighted by atomic mass is 16.5. The first-order valence-corrected chi connectivity index (χ1v) is 6.76. The summed E-state index contributed by atoms with van der Waals surface area (Å²) in [5.41, 5.74) is 13.6. The van der Waals surface area contributed by atoms with Crippen molar-refractivity contribution in [1.29, 1.82) is 0 Å². The van der Waals surface area contributed by atoms with Crippen molar-refractivity contribution in [2.24, 2.45) is 0 Å². The minimum absolute atomic E-state index is 0.0453. The van der Waals surface area contributed by atoms with Gasteiger partial charge in [0.05, 0.1) is 0 Å². The molecule has 0 atom stereocenters. The van der Waals surface area contributed by atoms with Crippen LogP contribution in [0.5, 0.6) is 5.75 Å². The number of nitrogens with two attached hydrogens (primary N) is 2. The van der Waals surface area contributed by atoms with Gasteiger partial charge in [0.15, 0.2) is 5.82 Å². The normalized spacial score (nSPS) is 10.4. The van der Waals surface area contributed by atoms with E-state index in [2.05, 4.69) is 15.2 Å². The number of nitrogens with zero attached hydrogens (tertiary/aromatic N) is 3. The molecule has 0 spiro atoms. The van der Waals surface area contributed by atoms with Crippen LogP contribution in [-0.2, 0) is 6.61 Å². The fraction of sp³-hybridized carbons (Fsp3) is 0.0625. The Hall–Kier alpha value is -3.15. The third-order valence-electron chi connectivity index (χ3n) is 3.11. The maximum Gasteiger partial charge on any atom is 0.242 e.